The number of nitrogens with zero attached hydrogens (tertiary/aromatic N) is 1. The number of fused-ring (bicyclic) bond motifs is 1. The molecule has 0 aromatic heterocycles. The Hall–Kier alpha value is -1.39. The van der Waals surface area contributed by atoms with Gasteiger partial charge in [-0.3, -0.25) is 4.79 Å². The fourth-order valence-corrected chi connectivity index (χ4v) is 2.04. The molecule has 0 bridgehead atoms. The monoisotopic (exact) mass is 220 g/mol. The molecule has 16 heavy (non-hydrogen) atoms. The number of carbonyl (C=O) groups is 1. The van der Waals surface area contributed by atoms with Gasteiger partial charge in [-0.05, 0) is 24.5 Å². The van der Waals surface area contributed by atoms with Crippen LogP contribution >= 0.6 is 0 Å². The first-order chi connectivity index (χ1) is 7.74. The predicted molar refractivity (Wildman–Crippen MR) is 62.2 cm³/mol. The van der Waals surface area contributed by atoms with E-state index < -0.39 is 6.04 Å². The summed E-state index contributed by atoms with van der Waals surface area (Å²) in [6.45, 7) is 0.376. The highest BCUT2D eigenvalue weighted by Gasteiger charge is 2.25. The molecule has 0 saturated carbocycles. The van der Waals surface area contributed by atoms with E-state index in [2.05, 4.69) is 0 Å². The second-order valence-electron chi connectivity index (χ2n) is 4.01. The molecule has 1 aliphatic rings. The van der Waals surface area contributed by atoms with Gasteiger partial charge >= 0.3 is 0 Å². The number of hydrogen-bond donors (Lipinski definition) is 2. The Morgan fingerprint density at radius 1 is 1.50 bits per heavy atom. The molecule has 86 valence electrons. The summed E-state index contributed by atoms with van der Waals surface area (Å²) in [6, 6.07) is 7.02. The van der Waals surface area contributed by atoms with Crippen LogP contribution in [0.15, 0.2) is 24.3 Å². The topological polar surface area (TPSA) is 66.6 Å². The largest absolute Gasteiger partial charge is 0.394 e. The Balaban J connectivity index is 2.28. The Morgan fingerprint density at radius 3 is 3.00 bits per heavy atom. The molecule has 0 fully saturated rings. The zero-order chi connectivity index (χ0) is 11.5. The molecular weight excluding hydrogens is 204 g/mol. The molecule has 1 heterocycles. The molecule has 0 saturated heterocycles. The van der Waals surface area contributed by atoms with Crippen molar-refractivity contribution < 1.29 is 9.90 Å². The van der Waals surface area contributed by atoms with Crippen LogP contribution in [0.2, 0.25) is 0 Å². The van der Waals surface area contributed by atoms with E-state index in [4.69, 9.17) is 10.8 Å². The number of hydrogen-bond acceptors (Lipinski definition) is 3. The lowest BCUT2D eigenvalue weighted by Gasteiger charge is -2.30. The van der Waals surface area contributed by atoms with Crippen molar-refractivity contribution in [3.63, 3.8) is 0 Å². The second kappa shape index (κ2) is 4.63. The van der Waals surface area contributed by atoms with Crippen molar-refractivity contribution in [2.45, 2.75) is 18.9 Å². The minimum absolute atomic E-state index is 0.199. The van der Waals surface area contributed by atoms with Gasteiger partial charge in [-0.25, -0.2) is 0 Å². The van der Waals surface area contributed by atoms with E-state index in [0.717, 1.165) is 18.5 Å². The number of benzene rings is 1. The van der Waals surface area contributed by atoms with Gasteiger partial charge in [0.25, 0.3) is 0 Å². The average Bonchev–Trinajstić information content (AvgIpc) is 2.36. The van der Waals surface area contributed by atoms with Crippen molar-refractivity contribution in [3.05, 3.63) is 29.8 Å². The third-order valence-electron chi connectivity index (χ3n) is 2.89. The van der Waals surface area contributed by atoms with Crippen molar-refractivity contribution in [1.82, 2.24) is 0 Å². The molecular formula is C12H16N2O2. The van der Waals surface area contributed by atoms with Gasteiger partial charge in [0.15, 0.2) is 0 Å². The second-order valence-corrected chi connectivity index (χ2v) is 4.01. The molecule has 4 heteroatoms. The van der Waals surface area contributed by atoms with Gasteiger partial charge in [0.2, 0.25) is 5.91 Å². The van der Waals surface area contributed by atoms with Gasteiger partial charge in [-0.2, -0.15) is 0 Å². The molecule has 4 nitrogen and oxygen atoms in total. The summed E-state index contributed by atoms with van der Waals surface area (Å²) in [5.74, 6) is -0.199. The summed E-state index contributed by atoms with van der Waals surface area (Å²) in [5, 5.41) is 8.91. The first-order valence-electron chi connectivity index (χ1n) is 5.49. The van der Waals surface area contributed by atoms with Crippen LogP contribution in [0.1, 0.15) is 12.0 Å². The fraction of sp³-hybridized carbons (Fsp3) is 0.417. The number of rotatable bonds is 2. The number of aliphatic hydroxyl groups is 1. The van der Waals surface area contributed by atoms with Crippen LogP contribution in [0.4, 0.5) is 5.69 Å². The lowest BCUT2D eigenvalue weighted by atomic mass is 10.0. The maximum atomic E-state index is 11.9. The lowest BCUT2D eigenvalue weighted by Crippen LogP contribution is -2.47. The molecule has 0 spiro atoms. The van der Waals surface area contributed by atoms with Gasteiger partial charge in [0.1, 0.15) is 6.04 Å². The van der Waals surface area contributed by atoms with Crippen molar-refractivity contribution in [2.24, 2.45) is 5.73 Å². The Kier molecular flexibility index (Phi) is 3.22. The lowest BCUT2D eigenvalue weighted by molar-refractivity contribution is -0.120. The molecule has 1 aromatic rings. The zero-order valence-electron chi connectivity index (χ0n) is 9.10. The highest BCUT2D eigenvalue weighted by molar-refractivity contribution is 5.98. The number of para-hydroxylation sites is 1. The quantitative estimate of drug-likeness (QED) is 0.752. The number of amides is 1. The first kappa shape index (κ1) is 11.1. The minimum Gasteiger partial charge on any atom is -0.394 e. The van der Waals surface area contributed by atoms with Crippen molar-refractivity contribution >= 4 is 11.6 Å². The third kappa shape index (κ3) is 1.94. The summed E-state index contributed by atoms with van der Waals surface area (Å²) in [4.78, 5) is 13.6. The highest BCUT2D eigenvalue weighted by atomic mass is 16.3. The molecule has 2 rings (SSSR count). The van der Waals surface area contributed by atoms with Gasteiger partial charge in [0, 0.05) is 12.2 Å². The number of anilines is 1. The van der Waals surface area contributed by atoms with Gasteiger partial charge < -0.3 is 15.7 Å². The zero-order valence-corrected chi connectivity index (χ0v) is 9.10. The summed E-state index contributed by atoms with van der Waals surface area (Å²) in [7, 11) is 0. The van der Waals surface area contributed by atoms with Crippen LogP contribution in [0.3, 0.4) is 0 Å². The minimum atomic E-state index is -0.814. The van der Waals surface area contributed by atoms with E-state index in [-0.39, 0.29) is 12.5 Å². The molecule has 3 N–H and O–H groups in total. The van der Waals surface area contributed by atoms with E-state index in [1.165, 1.54) is 5.56 Å². The van der Waals surface area contributed by atoms with E-state index in [9.17, 15) is 4.79 Å². The Morgan fingerprint density at radius 2 is 2.25 bits per heavy atom. The van der Waals surface area contributed by atoms with Crippen LogP contribution in [0.5, 0.6) is 0 Å². The van der Waals surface area contributed by atoms with Crippen LogP contribution in [-0.4, -0.2) is 30.2 Å². The molecule has 0 aliphatic carbocycles. The van der Waals surface area contributed by atoms with Crippen LogP contribution in [0.25, 0.3) is 0 Å². The van der Waals surface area contributed by atoms with E-state index in [0.29, 0.717) is 6.54 Å². The van der Waals surface area contributed by atoms with Gasteiger partial charge in [-0.1, -0.05) is 18.2 Å². The normalized spacial score (nSPS) is 16.8. The number of aliphatic hydroxyl groups excluding tert-OH is 1. The maximum absolute atomic E-state index is 11.9. The van der Waals surface area contributed by atoms with E-state index in [1.807, 2.05) is 24.3 Å². The number of carbonyl (C=O) groups excluding carboxylic acids is 1. The van der Waals surface area contributed by atoms with E-state index >= 15 is 0 Å². The molecule has 0 radical (unpaired) electrons. The number of nitrogens with two attached hydrogens (primary N) is 1. The van der Waals surface area contributed by atoms with Crippen LogP contribution in [0, 0.1) is 0 Å². The summed E-state index contributed by atoms with van der Waals surface area (Å²) < 4.78 is 0. The highest BCUT2D eigenvalue weighted by Crippen LogP contribution is 2.26. The summed E-state index contributed by atoms with van der Waals surface area (Å²) in [6.07, 6.45) is 1.94. The Bertz CT molecular complexity index is 392. The van der Waals surface area contributed by atoms with Gasteiger partial charge in [-0.15, -0.1) is 0 Å². The maximum Gasteiger partial charge on any atom is 0.246 e. The average molecular weight is 220 g/mol. The molecule has 1 amide bonds. The first-order valence-corrected chi connectivity index (χ1v) is 5.49. The van der Waals surface area contributed by atoms with Gasteiger partial charge in [0.05, 0.1) is 6.61 Å². The van der Waals surface area contributed by atoms with Crippen LogP contribution < -0.4 is 10.6 Å². The molecule has 1 aliphatic heterocycles. The molecule has 1 aromatic carbocycles. The SMILES string of the molecule is NC(CO)C(=O)N1CCCc2ccccc21. The molecule has 1 unspecified atom stereocenters. The summed E-state index contributed by atoms with van der Waals surface area (Å²) in [5.41, 5.74) is 7.67. The Labute approximate surface area is 94.7 Å². The van der Waals surface area contributed by atoms with Crippen molar-refractivity contribution in [1.29, 1.82) is 0 Å². The smallest absolute Gasteiger partial charge is 0.246 e. The van der Waals surface area contributed by atoms with Crippen molar-refractivity contribution in [2.75, 3.05) is 18.1 Å². The predicted octanol–water partition coefficient (Wildman–Crippen LogP) is 0.285. The van der Waals surface area contributed by atoms with Crippen molar-refractivity contribution in [3.8, 4) is 0 Å². The summed E-state index contributed by atoms with van der Waals surface area (Å²) >= 11 is 0. The molecule has 1 atom stereocenters. The standard InChI is InChI=1S/C12H16N2O2/c13-10(8-15)12(16)14-7-3-5-9-4-1-2-6-11(9)14/h1-2,4,6,10,15H,3,5,7-8,13H2. The van der Waals surface area contributed by atoms with E-state index in [1.54, 1.807) is 4.90 Å². The third-order valence-corrected chi connectivity index (χ3v) is 2.89. The fourth-order valence-electron chi connectivity index (χ4n) is 2.04. The van der Waals surface area contributed by atoms with Crippen LogP contribution in [-0.2, 0) is 11.2 Å². The number of aryl methyl sites for hydroxylation is 1.